The van der Waals surface area contributed by atoms with E-state index >= 15 is 0 Å². The fraction of sp³-hybridized carbons (Fsp3) is 0.188. The molecule has 3 heteroatoms. The molecule has 0 unspecified atom stereocenters. The van der Waals surface area contributed by atoms with Gasteiger partial charge in [0.2, 0.25) is 5.91 Å². The lowest BCUT2D eigenvalue weighted by molar-refractivity contribution is -0.116. The second-order valence-corrected chi connectivity index (χ2v) is 4.35. The molecule has 2 aromatic carbocycles. The van der Waals surface area contributed by atoms with Crippen LogP contribution in [-0.2, 0) is 4.79 Å². The first-order chi connectivity index (χ1) is 9.19. The van der Waals surface area contributed by atoms with Crippen molar-refractivity contribution in [1.29, 1.82) is 0 Å². The van der Waals surface area contributed by atoms with Crippen molar-refractivity contribution in [2.75, 3.05) is 5.32 Å². The van der Waals surface area contributed by atoms with Gasteiger partial charge < -0.3 is 10.4 Å². The lowest BCUT2D eigenvalue weighted by atomic mass is 10.1. The van der Waals surface area contributed by atoms with E-state index in [1.54, 1.807) is 12.1 Å². The van der Waals surface area contributed by atoms with E-state index in [1.165, 1.54) is 0 Å². The zero-order valence-electron chi connectivity index (χ0n) is 10.5. The molecule has 0 aromatic heterocycles. The SMILES string of the molecule is C#CCCCC(=O)Nc1ccc2cc(O)ccc2c1. The van der Waals surface area contributed by atoms with Gasteiger partial charge in [-0.3, -0.25) is 4.79 Å². The third-order valence-electron chi connectivity index (χ3n) is 2.83. The van der Waals surface area contributed by atoms with Crippen LogP contribution in [0, 0.1) is 12.3 Å². The van der Waals surface area contributed by atoms with Crippen LogP contribution in [0.4, 0.5) is 5.69 Å². The topological polar surface area (TPSA) is 49.3 Å². The summed E-state index contributed by atoms with van der Waals surface area (Å²) in [5, 5.41) is 14.1. The third kappa shape index (κ3) is 3.49. The molecule has 0 heterocycles. The second kappa shape index (κ2) is 5.92. The number of amides is 1. The Labute approximate surface area is 112 Å². The zero-order valence-corrected chi connectivity index (χ0v) is 10.5. The van der Waals surface area contributed by atoms with E-state index in [1.807, 2.05) is 24.3 Å². The normalized spacial score (nSPS) is 10.1. The number of anilines is 1. The van der Waals surface area contributed by atoms with E-state index in [-0.39, 0.29) is 11.7 Å². The minimum absolute atomic E-state index is 0.0339. The maximum Gasteiger partial charge on any atom is 0.224 e. The van der Waals surface area contributed by atoms with Crippen molar-refractivity contribution >= 4 is 22.4 Å². The van der Waals surface area contributed by atoms with Gasteiger partial charge in [0.05, 0.1) is 0 Å². The summed E-state index contributed by atoms with van der Waals surface area (Å²) in [6.07, 6.45) is 6.88. The summed E-state index contributed by atoms with van der Waals surface area (Å²) in [4.78, 5) is 11.7. The molecule has 2 N–H and O–H groups in total. The molecule has 0 saturated carbocycles. The number of unbranched alkanes of at least 4 members (excludes halogenated alkanes) is 1. The molecular weight excluding hydrogens is 238 g/mol. The van der Waals surface area contributed by atoms with E-state index in [0.29, 0.717) is 19.3 Å². The van der Waals surface area contributed by atoms with Crippen molar-refractivity contribution < 1.29 is 9.90 Å². The summed E-state index contributed by atoms with van der Waals surface area (Å²) in [7, 11) is 0. The number of benzene rings is 2. The maximum absolute atomic E-state index is 11.7. The van der Waals surface area contributed by atoms with Gasteiger partial charge in [-0.05, 0) is 41.5 Å². The van der Waals surface area contributed by atoms with E-state index in [4.69, 9.17) is 6.42 Å². The number of rotatable bonds is 4. The number of carbonyl (C=O) groups excluding carboxylic acids is 1. The van der Waals surface area contributed by atoms with Gasteiger partial charge >= 0.3 is 0 Å². The number of terminal acetylenes is 1. The molecule has 3 nitrogen and oxygen atoms in total. The molecule has 19 heavy (non-hydrogen) atoms. The van der Waals surface area contributed by atoms with E-state index in [9.17, 15) is 9.90 Å². The highest BCUT2D eigenvalue weighted by molar-refractivity contribution is 5.94. The van der Waals surface area contributed by atoms with Gasteiger partial charge in [0.25, 0.3) is 0 Å². The Hall–Kier alpha value is -2.47. The van der Waals surface area contributed by atoms with Gasteiger partial charge in [0, 0.05) is 18.5 Å². The molecule has 2 aromatic rings. The summed E-state index contributed by atoms with van der Waals surface area (Å²) in [6, 6.07) is 10.7. The number of hydrogen-bond acceptors (Lipinski definition) is 2. The van der Waals surface area contributed by atoms with Crippen LogP contribution in [0.1, 0.15) is 19.3 Å². The summed E-state index contributed by atoms with van der Waals surface area (Å²) in [6.45, 7) is 0. The van der Waals surface area contributed by atoms with Crippen molar-refractivity contribution in [2.45, 2.75) is 19.3 Å². The van der Waals surface area contributed by atoms with Crippen molar-refractivity contribution in [1.82, 2.24) is 0 Å². The van der Waals surface area contributed by atoms with Gasteiger partial charge in [-0.1, -0.05) is 12.1 Å². The maximum atomic E-state index is 11.7. The highest BCUT2D eigenvalue weighted by Gasteiger charge is 2.03. The molecule has 0 aliphatic heterocycles. The van der Waals surface area contributed by atoms with Gasteiger partial charge in [-0.2, -0.15) is 0 Å². The third-order valence-corrected chi connectivity index (χ3v) is 2.83. The average molecular weight is 253 g/mol. The number of aromatic hydroxyl groups is 1. The monoisotopic (exact) mass is 253 g/mol. The Morgan fingerprint density at radius 2 is 1.95 bits per heavy atom. The molecule has 1 amide bonds. The van der Waals surface area contributed by atoms with E-state index in [0.717, 1.165) is 16.5 Å². The smallest absolute Gasteiger partial charge is 0.224 e. The number of carbonyl (C=O) groups is 1. The lowest BCUT2D eigenvalue weighted by Crippen LogP contribution is -2.10. The van der Waals surface area contributed by atoms with Gasteiger partial charge in [-0.25, -0.2) is 0 Å². The molecule has 2 rings (SSSR count). The van der Waals surface area contributed by atoms with Crippen LogP contribution in [0.25, 0.3) is 10.8 Å². The molecule has 0 spiro atoms. The summed E-state index contributed by atoms with van der Waals surface area (Å²) in [5.41, 5.74) is 0.754. The minimum Gasteiger partial charge on any atom is -0.508 e. The number of fused-ring (bicyclic) bond motifs is 1. The van der Waals surface area contributed by atoms with E-state index in [2.05, 4.69) is 11.2 Å². The van der Waals surface area contributed by atoms with Crippen LogP contribution < -0.4 is 5.32 Å². The summed E-state index contributed by atoms with van der Waals surface area (Å²) >= 11 is 0. The summed E-state index contributed by atoms with van der Waals surface area (Å²) in [5.74, 6) is 2.71. The predicted octanol–water partition coefficient (Wildman–Crippen LogP) is 3.29. The molecule has 0 fully saturated rings. The van der Waals surface area contributed by atoms with Gasteiger partial charge in [0.15, 0.2) is 0 Å². The van der Waals surface area contributed by atoms with Crippen LogP contribution in [0.15, 0.2) is 36.4 Å². The Kier molecular flexibility index (Phi) is 4.04. The Balaban J connectivity index is 2.07. The Morgan fingerprint density at radius 3 is 2.74 bits per heavy atom. The molecule has 0 saturated heterocycles. The number of hydrogen-bond donors (Lipinski definition) is 2. The van der Waals surface area contributed by atoms with Gasteiger partial charge in [0.1, 0.15) is 5.75 Å². The lowest BCUT2D eigenvalue weighted by Gasteiger charge is -2.06. The standard InChI is InChI=1S/C16H15NO2/c1-2-3-4-5-16(19)17-14-8-6-13-11-15(18)9-7-12(13)10-14/h1,6-11,18H,3-5H2,(H,17,19). The average Bonchev–Trinajstić information content (AvgIpc) is 2.39. The van der Waals surface area contributed by atoms with Crippen LogP contribution in [-0.4, -0.2) is 11.0 Å². The largest absolute Gasteiger partial charge is 0.508 e. The van der Waals surface area contributed by atoms with Crippen LogP contribution >= 0.6 is 0 Å². The molecular formula is C16H15NO2. The van der Waals surface area contributed by atoms with Crippen molar-refractivity contribution in [3.05, 3.63) is 36.4 Å². The minimum atomic E-state index is -0.0339. The highest BCUT2D eigenvalue weighted by Crippen LogP contribution is 2.23. The highest BCUT2D eigenvalue weighted by atomic mass is 16.3. The number of phenols is 1. The van der Waals surface area contributed by atoms with Crippen LogP contribution in [0.5, 0.6) is 5.75 Å². The quantitative estimate of drug-likeness (QED) is 0.649. The molecule has 0 aliphatic carbocycles. The van der Waals surface area contributed by atoms with Crippen LogP contribution in [0.3, 0.4) is 0 Å². The fourth-order valence-electron chi connectivity index (χ4n) is 1.89. The Bertz CT molecular complexity index is 641. The molecule has 96 valence electrons. The fourth-order valence-corrected chi connectivity index (χ4v) is 1.89. The predicted molar refractivity (Wildman–Crippen MR) is 76.9 cm³/mol. The first-order valence-corrected chi connectivity index (χ1v) is 6.15. The molecule has 0 radical (unpaired) electrons. The molecule has 0 bridgehead atoms. The molecule has 0 atom stereocenters. The van der Waals surface area contributed by atoms with Crippen LogP contribution in [0.2, 0.25) is 0 Å². The molecule has 0 aliphatic rings. The first-order valence-electron chi connectivity index (χ1n) is 6.15. The first kappa shape index (κ1) is 13.0. The summed E-state index contributed by atoms with van der Waals surface area (Å²) < 4.78 is 0. The Morgan fingerprint density at radius 1 is 1.21 bits per heavy atom. The van der Waals surface area contributed by atoms with E-state index < -0.39 is 0 Å². The van der Waals surface area contributed by atoms with Gasteiger partial charge in [-0.15, -0.1) is 12.3 Å². The zero-order chi connectivity index (χ0) is 13.7. The number of nitrogens with one attached hydrogen (secondary N) is 1. The van der Waals surface area contributed by atoms with Crippen molar-refractivity contribution in [3.8, 4) is 18.1 Å². The second-order valence-electron chi connectivity index (χ2n) is 4.35. The van der Waals surface area contributed by atoms with Crippen molar-refractivity contribution in [2.24, 2.45) is 0 Å². The number of phenolic OH excluding ortho intramolecular Hbond substituents is 1. The van der Waals surface area contributed by atoms with Crippen molar-refractivity contribution in [3.63, 3.8) is 0 Å².